The van der Waals surface area contributed by atoms with Gasteiger partial charge in [0, 0.05) is 5.56 Å². The third kappa shape index (κ3) is 3.16. The van der Waals surface area contributed by atoms with Crippen LogP contribution in [0.2, 0.25) is 0 Å². The van der Waals surface area contributed by atoms with Crippen LogP contribution in [0, 0.1) is 0 Å². The molecule has 21 heavy (non-hydrogen) atoms. The second kappa shape index (κ2) is 5.99. The lowest BCUT2D eigenvalue weighted by Gasteiger charge is -2.07. The Kier molecular flexibility index (Phi) is 4.07. The highest BCUT2D eigenvalue weighted by Crippen LogP contribution is 2.23. The molecule has 1 aromatic carbocycles. The summed E-state index contributed by atoms with van der Waals surface area (Å²) < 4.78 is 0.873. The third-order valence-corrected chi connectivity index (χ3v) is 5.07. The van der Waals surface area contributed by atoms with Crippen molar-refractivity contribution in [3.05, 3.63) is 55.7 Å². The number of aryl methyl sites for hydroxylation is 2. The van der Waals surface area contributed by atoms with E-state index < -0.39 is 0 Å². The largest absolute Gasteiger partial charge is 0.279 e. The molecular weight excluding hydrogens is 352 g/mol. The van der Waals surface area contributed by atoms with Crippen LogP contribution in [0.1, 0.15) is 37.6 Å². The van der Waals surface area contributed by atoms with Gasteiger partial charge in [0.05, 0.1) is 8.66 Å². The maximum absolute atomic E-state index is 12.1. The summed E-state index contributed by atoms with van der Waals surface area (Å²) in [5.41, 5.74) is 8.00. The van der Waals surface area contributed by atoms with Gasteiger partial charge in [-0.1, -0.05) is 6.07 Å². The van der Waals surface area contributed by atoms with Crippen LogP contribution in [0.15, 0.2) is 34.1 Å². The Balaban J connectivity index is 1.63. The summed E-state index contributed by atoms with van der Waals surface area (Å²) in [7, 11) is 0. The summed E-state index contributed by atoms with van der Waals surface area (Å²) in [5.74, 6) is -0.617. The van der Waals surface area contributed by atoms with E-state index in [1.54, 1.807) is 18.2 Å². The molecular formula is C15H13BrN2O2S. The first-order valence-corrected chi connectivity index (χ1v) is 8.22. The van der Waals surface area contributed by atoms with E-state index in [-0.39, 0.29) is 11.8 Å². The topological polar surface area (TPSA) is 58.2 Å². The van der Waals surface area contributed by atoms with Crippen molar-refractivity contribution >= 4 is 39.1 Å². The minimum atomic E-state index is -0.319. The Morgan fingerprint density at radius 2 is 1.76 bits per heavy atom. The monoisotopic (exact) mass is 364 g/mol. The molecule has 2 N–H and O–H groups in total. The predicted octanol–water partition coefficient (Wildman–Crippen LogP) is 3.07. The molecule has 0 bridgehead atoms. The highest BCUT2D eigenvalue weighted by atomic mass is 79.9. The number of halogens is 1. The number of carbonyl (C=O) groups excluding carboxylic acids is 2. The zero-order chi connectivity index (χ0) is 14.8. The van der Waals surface area contributed by atoms with Crippen molar-refractivity contribution in [3.63, 3.8) is 0 Å². The van der Waals surface area contributed by atoms with Gasteiger partial charge >= 0.3 is 0 Å². The lowest BCUT2D eigenvalue weighted by Crippen LogP contribution is -2.41. The quantitative estimate of drug-likeness (QED) is 0.804. The van der Waals surface area contributed by atoms with Gasteiger partial charge in [-0.25, -0.2) is 0 Å². The number of nitrogens with one attached hydrogen (secondary N) is 2. The molecule has 2 amide bonds. The molecule has 108 valence electrons. The Hall–Kier alpha value is -1.66. The van der Waals surface area contributed by atoms with Crippen molar-refractivity contribution < 1.29 is 9.59 Å². The molecule has 0 aliphatic heterocycles. The highest BCUT2D eigenvalue weighted by Gasteiger charge is 2.15. The van der Waals surface area contributed by atoms with Crippen LogP contribution in [0.3, 0.4) is 0 Å². The average molecular weight is 365 g/mol. The van der Waals surface area contributed by atoms with Gasteiger partial charge in [0.25, 0.3) is 11.8 Å². The van der Waals surface area contributed by atoms with Gasteiger partial charge < -0.3 is 0 Å². The van der Waals surface area contributed by atoms with Crippen molar-refractivity contribution in [1.82, 2.24) is 10.9 Å². The van der Waals surface area contributed by atoms with E-state index >= 15 is 0 Å². The van der Waals surface area contributed by atoms with Gasteiger partial charge in [0.2, 0.25) is 0 Å². The maximum atomic E-state index is 12.1. The van der Waals surface area contributed by atoms with Crippen LogP contribution in [-0.2, 0) is 12.8 Å². The van der Waals surface area contributed by atoms with Gasteiger partial charge in [-0.15, -0.1) is 11.3 Å². The van der Waals surface area contributed by atoms with E-state index in [0.717, 1.165) is 23.0 Å². The molecule has 0 fully saturated rings. The predicted molar refractivity (Wildman–Crippen MR) is 85.4 cm³/mol. The molecule has 6 heteroatoms. The van der Waals surface area contributed by atoms with E-state index in [1.807, 2.05) is 12.1 Å². The number of rotatable bonds is 2. The number of thiophene rings is 1. The SMILES string of the molecule is O=C(NNC(=O)c1ccc(Br)s1)c1ccc2c(c1)CCC2. The molecule has 0 atom stereocenters. The maximum Gasteiger partial charge on any atom is 0.279 e. The molecule has 1 aliphatic rings. The van der Waals surface area contributed by atoms with E-state index in [1.165, 1.54) is 22.5 Å². The summed E-state index contributed by atoms with van der Waals surface area (Å²) in [4.78, 5) is 24.4. The third-order valence-electron chi connectivity index (χ3n) is 3.45. The van der Waals surface area contributed by atoms with Gasteiger partial charge in [-0.05, 0) is 70.6 Å². The minimum Gasteiger partial charge on any atom is -0.267 e. The van der Waals surface area contributed by atoms with E-state index in [2.05, 4.69) is 26.8 Å². The highest BCUT2D eigenvalue weighted by molar-refractivity contribution is 9.11. The van der Waals surface area contributed by atoms with Crippen molar-refractivity contribution in [3.8, 4) is 0 Å². The smallest absolute Gasteiger partial charge is 0.267 e. The first-order valence-electron chi connectivity index (χ1n) is 6.61. The van der Waals surface area contributed by atoms with Crippen LogP contribution in [-0.4, -0.2) is 11.8 Å². The molecule has 0 saturated heterocycles. The zero-order valence-corrected chi connectivity index (χ0v) is 13.5. The van der Waals surface area contributed by atoms with Crippen LogP contribution < -0.4 is 10.9 Å². The number of fused-ring (bicyclic) bond motifs is 1. The molecule has 1 aromatic heterocycles. The number of hydrogen-bond donors (Lipinski definition) is 2. The Labute approximate surface area is 134 Å². The number of amides is 2. The molecule has 0 saturated carbocycles. The number of benzene rings is 1. The molecule has 3 rings (SSSR count). The van der Waals surface area contributed by atoms with Crippen LogP contribution in [0.5, 0.6) is 0 Å². The second-order valence-electron chi connectivity index (χ2n) is 4.85. The molecule has 1 aliphatic carbocycles. The fourth-order valence-corrected chi connectivity index (χ4v) is 3.68. The summed E-state index contributed by atoms with van der Waals surface area (Å²) in [6.45, 7) is 0. The van der Waals surface area contributed by atoms with E-state index in [0.29, 0.717) is 10.4 Å². The van der Waals surface area contributed by atoms with Crippen LogP contribution >= 0.6 is 27.3 Å². The Morgan fingerprint density at radius 3 is 2.52 bits per heavy atom. The summed E-state index contributed by atoms with van der Waals surface area (Å²) >= 11 is 4.61. The van der Waals surface area contributed by atoms with Crippen molar-refractivity contribution in [2.45, 2.75) is 19.3 Å². The first-order chi connectivity index (χ1) is 10.1. The lowest BCUT2D eigenvalue weighted by molar-refractivity contribution is 0.0849. The number of carbonyl (C=O) groups is 2. The van der Waals surface area contributed by atoms with E-state index in [9.17, 15) is 9.59 Å². The summed E-state index contributed by atoms with van der Waals surface area (Å²) in [5, 5.41) is 0. The summed E-state index contributed by atoms with van der Waals surface area (Å²) in [6.07, 6.45) is 3.25. The van der Waals surface area contributed by atoms with Crippen molar-refractivity contribution in [2.75, 3.05) is 0 Å². The normalized spacial score (nSPS) is 12.8. The van der Waals surface area contributed by atoms with Gasteiger partial charge in [-0.2, -0.15) is 0 Å². The van der Waals surface area contributed by atoms with Gasteiger partial charge in [-0.3, -0.25) is 20.4 Å². The minimum absolute atomic E-state index is 0.298. The molecule has 0 spiro atoms. The van der Waals surface area contributed by atoms with Gasteiger partial charge in [0.15, 0.2) is 0 Å². The zero-order valence-electron chi connectivity index (χ0n) is 11.1. The first kappa shape index (κ1) is 14.3. The van der Waals surface area contributed by atoms with E-state index in [4.69, 9.17) is 0 Å². The second-order valence-corrected chi connectivity index (χ2v) is 7.31. The molecule has 4 nitrogen and oxygen atoms in total. The average Bonchev–Trinajstić information content (AvgIpc) is 3.12. The lowest BCUT2D eigenvalue weighted by atomic mass is 10.1. The molecule has 1 heterocycles. The van der Waals surface area contributed by atoms with Crippen LogP contribution in [0.4, 0.5) is 0 Å². The fraction of sp³-hybridized carbons (Fsp3) is 0.200. The molecule has 2 aromatic rings. The standard InChI is InChI=1S/C15H13BrN2O2S/c16-13-7-6-12(21-13)15(20)18-17-14(19)11-5-4-9-2-1-3-10(9)8-11/h4-8H,1-3H2,(H,17,19)(H,18,20). The Bertz CT molecular complexity index is 711. The van der Waals surface area contributed by atoms with Crippen molar-refractivity contribution in [2.24, 2.45) is 0 Å². The van der Waals surface area contributed by atoms with Crippen molar-refractivity contribution in [1.29, 1.82) is 0 Å². The fourth-order valence-electron chi connectivity index (χ4n) is 2.40. The van der Waals surface area contributed by atoms with Crippen LogP contribution in [0.25, 0.3) is 0 Å². The summed E-state index contributed by atoms with van der Waals surface area (Å²) in [6, 6.07) is 9.20. The molecule has 0 unspecified atom stereocenters. The number of hydrazine groups is 1. The number of hydrogen-bond acceptors (Lipinski definition) is 3. The molecule has 0 radical (unpaired) electrons. The Morgan fingerprint density at radius 1 is 1.00 bits per heavy atom. The van der Waals surface area contributed by atoms with Gasteiger partial charge in [0.1, 0.15) is 0 Å².